The van der Waals surface area contributed by atoms with E-state index in [-0.39, 0.29) is 23.7 Å². The molecule has 0 saturated heterocycles. The summed E-state index contributed by atoms with van der Waals surface area (Å²) in [5, 5.41) is 7.12. The molecular formula is C13H23ClN4O. The molecule has 1 fully saturated rings. The van der Waals surface area contributed by atoms with Gasteiger partial charge in [-0.15, -0.1) is 12.4 Å². The lowest BCUT2D eigenvalue weighted by Crippen LogP contribution is -2.44. The molecule has 0 atom stereocenters. The fourth-order valence-electron chi connectivity index (χ4n) is 2.68. The number of carbonyl (C=O) groups is 1. The second kappa shape index (κ2) is 6.91. The van der Waals surface area contributed by atoms with Crippen LogP contribution >= 0.6 is 12.4 Å². The van der Waals surface area contributed by atoms with Crippen molar-refractivity contribution in [3.63, 3.8) is 0 Å². The molecule has 1 amide bonds. The van der Waals surface area contributed by atoms with E-state index >= 15 is 0 Å². The van der Waals surface area contributed by atoms with E-state index in [0.717, 1.165) is 37.7 Å². The van der Waals surface area contributed by atoms with E-state index in [4.69, 9.17) is 5.73 Å². The number of amides is 1. The molecule has 0 spiro atoms. The van der Waals surface area contributed by atoms with Gasteiger partial charge in [0.15, 0.2) is 0 Å². The van der Waals surface area contributed by atoms with Gasteiger partial charge in [-0.25, -0.2) is 0 Å². The number of carbonyl (C=O) groups excluding carboxylic acids is 1. The number of nitrogens with two attached hydrogens (primary N) is 1. The molecule has 3 N–H and O–H groups in total. The Bertz CT molecular complexity index is 413. The van der Waals surface area contributed by atoms with Gasteiger partial charge in [-0.1, -0.05) is 12.8 Å². The third-order valence-corrected chi connectivity index (χ3v) is 3.89. The maximum Gasteiger partial charge on any atom is 0.227 e. The Kier molecular flexibility index (Phi) is 5.82. The fourth-order valence-corrected chi connectivity index (χ4v) is 2.68. The van der Waals surface area contributed by atoms with Gasteiger partial charge in [-0.2, -0.15) is 5.10 Å². The standard InChI is InChI=1S/C13H22N4O.ClH/c1-17-9-11(8-16-17)4-7-15-12(18)13(10-14)5-2-3-6-13;/h8-9H,2-7,10,14H2,1H3,(H,15,18);1H. The molecule has 0 radical (unpaired) electrons. The lowest BCUT2D eigenvalue weighted by molar-refractivity contribution is -0.130. The van der Waals surface area contributed by atoms with Crippen LogP contribution in [0.25, 0.3) is 0 Å². The van der Waals surface area contributed by atoms with Crippen molar-refractivity contribution >= 4 is 18.3 Å². The first-order valence-electron chi connectivity index (χ1n) is 6.62. The lowest BCUT2D eigenvalue weighted by atomic mass is 9.85. The summed E-state index contributed by atoms with van der Waals surface area (Å²) in [4.78, 5) is 12.2. The molecule has 1 heterocycles. The quantitative estimate of drug-likeness (QED) is 0.849. The SMILES string of the molecule is Cl.Cn1cc(CCNC(=O)C2(CN)CCCC2)cn1. The van der Waals surface area contributed by atoms with Gasteiger partial charge >= 0.3 is 0 Å². The van der Waals surface area contributed by atoms with Crippen LogP contribution < -0.4 is 11.1 Å². The van der Waals surface area contributed by atoms with E-state index in [1.807, 2.05) is 19.4 Å². The van der Waals surface area contributed by atoms with Crippen LogP contribution in [0, 0.1) is 5.41 Å². The molecule has 0 aliphatic heterocycles. The third-order valence-electron chi connectivity index (χ3n) is 3.89. The first kappa shape index (κ1) is 16.0. The van der Waals surface area contributed by atoms with Gasteiger partial charge in [0.25, 0.3) is 0 Å². The van der Waals surface area contributed by atoms with Crippen LogP contribution in [-0.2, 0) is 18.3 Å². The normalized spacial score (nSPS) is 16.9. The summed E-state index contributed by atoms with van der Waals surface area (Å²) in [5.74, 6) is 0.131. The van der Waals surface area contributed by atoms with E-state index < -0.39 is 0 Å². The summed E-state index contributed by atoms with van der Waals surface area (Å²) in [7, 11) is 1.89. The maximum absolute atomic E-state index is 12.2. The molecule has 6 heteroatoms. The largest absolute Gasteiger partial charge is 0.355 e. The molecule has 1 aliphatic carbocycles. The van der Waals surface area contributed by atoms with Crippen molar-refractivity contribution in [2.75, 3.05) is 13.1 Å². The van der Waals surface area contributed by atoms with Gasteiger partial charge in [0.2, 0.25) is 5.91 Å². The van der Waals surface area contributed by atoms with Crippen LogP contribution in [0.5, 0.6) is 0 Å². The fraction of sp³-hybridized carbons (Fsp3) is 0.692. The number of hydrogen-bond acceptors (Lipinski definition) is 3. The minimum Gasteiger partial charge on any atom is -0.355 e. The average Bonchev–Trinajstić information content (AvgIpc) is 2.99. The van der Waals surface area contributed by atoms with Crippen LogP contribution in [0.3, 0.4) is 0 Å². The molecule has 0 bridgehead atoms. The number of rotatable bonds is 5. The van der Waals surface area contributed by atoms with Crippen LogP contribution in [0.1, 0.15) is 31.2 Å². The third kappa shape index (κ3) is 3.70. The molecule has 5 nitrogen and oxygen atoms in total. The monoisotopic (exact) mass is 286 g/mol. The van der Waals surface area contributed by atoms with Crippen molar-refractivity contribution in [1.29, 1.82) is 0 Å². The zero-order valence-electron chi connectivity index (χ0n) is 11.4. The van der Waals surface area contributed by atoms with Gasteiger partial charge in [0, 0.05) is 26.3 Å². The Balaban J connectivity index is 0.00000180. The summed E-state index contributed by atoms with van der Waals surface area (Å²) in [6, 6.07) is 0. The Labute approximate surface area is 120 Å². The zero-order valence-corrected chi connectivity index (χ0v) is 12.2. The van der Waals surface area contributed by atoms with E-state index in [9.17, 15) is 4.79 Å². The maximum atomic E-state index is 12.2. The molecule has 108 valence electrons. The van der Waals surface area contributed by atoms with Gasteiger partial charge in [-0.05, 0) is 24.8 Å². The summed E-state index contributed by atoms with van der Waals surface area (Å²) >= 11 is 0. The second-order valence-electron chi connectivity index (χ2n) is 5.22. The zero-order chi connectivity index (χ0) is 13.0. The molecule has 1 aromatic rings. The Hall–Kier alpha value is -1.07. The highest BCUT2D eigenvalue weighted by Crippen LogP contribution is 2.37. The van der Waals surface area contributed by atoms with E-state index in [0.29, 0.717) is 13.1 Å². The van der Waals surface area contributed by atoms with Crippen LogP contribution in [-0.4, -0.2) is 28.8 Å². The topological polar surface area (TPSA) is 72.9 Å². The summed E-state index contributed by atoms with van der Waals surface area (Å²) in [6.07, 6.45) is 8.73. The average molecular weight is 287 g/mol. The first-order valence-corrected chi connectivity index (χ1v) is 6.62. The minimum absolute atomic E-state index is 0. The van der Waals surface area contributed by atoms with Crippen molar-refractivity contribution < 1.29 is 4.79 Å². The summed E-state index contributed by atoms with van der Waals surface area (Å²) in [5.41, 5.74) is 6.63. The molecule has 19 heavy (non-hydrogen) atoms. The van der Waals surface area contributed by atoms with Gasteiger partial charge in [-0.3, -0.25) is 9.48 Å². The van der Waals surface area contributed by atoms with Crippen molar-refractivity contribution in [3.8, 4) is 0 Å². The minimum atomic E-state index is -0.297. The van der Waals surface area contributed by atoms with E-state index in [1.165, 1.54) is 0 Å². The smallest absolute Gasteiger partial charge is 0.227 e. The highest BCUT2D eigenvalue weighted by molar-refractivity contribution is 5.85. The lowest BCUT2D eigenvalue weighted by Gasteiger charge is -2.25. The Morgan fingerprint density at radius 1 is 1.53 bits per heavy atom. The number of aryl methyl sites for hydroxylation is 1. The van der Waals surface area contributed by atoms with Gasteiger partial charge < -0.3 is 11.1 Å². The Morgan fingerprint density at radius 3 is 2.74 bits per heavy atom. The number of hydrogen-bond donors (Lipinski definition) is 2. The molecular weight excluding hydrogens is 264 g/mol. The van der Waals surface area contributed by atoms with E-state index in [1.54, 1.807) is 4.68 Å². The van der Waals surface area contributed by atoms with Crippen molar-refractivity contribution in [2.24, 2.45) is 18.2 Å². The predicted molar refractivity (Wildman–Crippen MR) is 77.1 cm³/mol. The molecule has 0 aromatic carbocycles. The molecule has 1 aliphatic rings. The van der Waals surface area contributed by atoms with Crippen molar-refractivity contribution in [3.05, 3.63) is 18.0 Å². The van der Waals surface area contributed by atoms with Crippen LogP contribution in [0.4, 0.5) is 0 Å². The number of halogens is 1. The summed E-state index contributed by atoms with van der Waals surface area (Å²) in [6.45, 7) is 1.12. The number of nitrogens with one attached hydrogen (secondary N) is 1. The molecule has 1 saturated carbocycles. The second-order valence-corrected chi connectivity index (χ2v) is 5.22. The molecule has 2 rings (SSSR count). The van der Waals surface area contributed by atoms with Crippen molar-refractivity contribution in [2.45, 2.75) is 32.1 Å². The predicted octanol–water partition coefficient (Wildman–Crippen LogP) is 1.02. The van der Waals surface area contributed by atoms with Crippen LogP contribution in [0.2, 0.25) is 0 Å². The van der Waals surface area contributed by atoms with Gasteiger partial charge in [0.1, 0.15) is 0 Å². The van der Waals surface area contributed by atoms with Gasteiger partial charge in [0.05, 0.1) is 11.6 Å². The number of aromatic nitrogens is 2. The first-order chi connectivity index (χ1) is 8.66. The molecule has 0 unspecified atom stereocenters. The van der Waals surface area contributed by atoms with E-state index in [2.05, 4.69) is 10.4 Å². The highest BCUT2D eigenvalue weighted by atomic mass is 35.5. The highest BCUT2D eigenvalue weighted by Gasteiger charge is 2.39. The summed E-state index contributed by atoms with van der Waals surface area (Å²) < 4.78 is 1.77. The van der Waals surface area contributed by atoms with Crippen LogP contribution in [0.15, 0.2) is 12.4 Å². The Morgan fingerprint density at radius 2 is 2.21 bits per heavy atom. The van der Waals surface area contributed by atoms with Crippen molar-refractivity contribution in [1.82, 2.24) is 15.1 Å². The number of nitrogens with zero attached hydrogens (tertiary/aromatic N) is 2. The molecule has 1 aromatic heterocycles.